The van der Waals surface area contributed by atoms with E-state index in [0.29, 0.717) is 12.3 Å². The number of carbonyl (C=O) groups is 1. The van der Waals surface area contributed by atoms with E-state index < -0.39 is 0 Å². The van der Waals surface area contributed by atoms with Crippen LogP contribution < -0.4 is 10.6 Å². The molecule has 0 saturated carbocycles. The fourth-order valence-electron chi connectivity index (χ4n) is 3.88. The van der Waals surface area contributed by atoms with Crippen LogP contribution in [-0.2, 0) is 27.2 Å². The second-order valence-electron chi connectivity index (χ2n) is 8.02. The summed E-state index contributed by atoms with van der Waals surface area (Å²) in [4.78, 5) is 18.7. The third-order valence-electron chi connectivity index (χ3n) is 5.70. The summed E-state index contributed by atoms with van der Waals surface area (Å²) in [5, 5.41) is 6.59. The molecule has 0 bridgehead atoms. The fourth-order valence-corrected chi connectivity index (χ4v) is 3.88. The van der Waals surface area contributed by atoms with Gasteiger partial charge in [-0.1, -0.05) is 24.3 Å². The van der Waals surface area contributed by atoms with Crippen LogP contribution in [0.3, 0.4) is 0 Å². The average molecular weight is 544 g/mol. The highest BCUT2D eigenvalue weighted by molar-refractivity contribution is 14.0. The van der Waals surface area contributed by atoms with Gasteiger partial charge in [-0.3, -0.25) is 9.79 Å². The summed E-state index contributed by atoms with van der Waals surface area (Å²) in [5.41, 5.74) is 2.65. The van der Waals surface area contributed by atoms with Gasteiger partial charge in [0.2, 0.25) is 5.91 Å². The molecule has 7 nitrogen and oxygen atoms in total. The number of carbonyl (C=O) groups excluding carboxylic acids is 1. The van der Waals surface area contributed by atoms with Gasteiger partial charge in [0.15, 0.2) is 5.96 Å². The van der Waals surface area contributed by atoms with Crippen LogP contribution in [0.4, 0.5) is 0 Å². The van der Waals surface area contributed by atoms with E-state index in [9.17, 15) is 4.79 Å². The number of ether oxygens (including phenoxy) is 2. The van der Waals surface area contributed by atoms with Gasteiger partial charge in [-0.2, -0.15) is 0 Å². The summed E-state index contributed by atoms with van der Waals surface area (Å²) in [7, 11) is 1.77. The minimum absolute atomic E-state index is 0. The lowest BCUT2D eigenvalue weighted by Gasteiger charge is -2.29. The largest absolute Gasteiger partial charge is 0.381 e. The second kappa shape index (κ2) is 14.6. The van der Waals surface area contributed by atoms with Crippen molar-refractivity contribution in [1.82, 2.24) is 15.5 Å². The number of aliphatic imine (C=N–C) groups is 1. The van der Waals surface area contributed by atoms with E-state index in [1.54, 1.807) is 7.05 Å². The van der Waals surface area contributed by atoms with Crippen molar-refractivity contribution in [3.05, 3.63) is 35.4 Å². The molecule has 3 rings (SSSR count). The van der Waals surface area contributed by atoms with Gasteiger partial charge in [-0.05, 0) is 36.8 Å². The Balaban J connectivity index is 0.00000341. The zero-order chi connectivity index (χ0) is 21.0. The van der Waals surface area contributed by atoms with Crippen molar-refractivity contribution in [2.75, 3.05) is 53.1 Å². The van der Waals surface area contributed by atoms with Crippen LogP contribution in [0.5, 0.6) is 0 Å². The van der Waals surface area contributed by atoms with E-state index in [2.05, 4.69) is 33.8 Å². The number of fused-ring (bicyclic) bond motifs is 1. The maximum absolute atomic E-state index is 12.5. The van der Waals surface area contributed by atoms with Crippen LogP contribution in [0.1, 0.15) is 36.8 Å². The van der Waals surface area contributed by atoms with Gasteiger partial charge in [0.25, 0.3) is 0 Å². The molecule has 0 aliphatic carbocycles. The van der Waals surface area contributed by atoms with Crippen molar-refractivity contribution in [3.63, 3.8) is 0 Å². The molecule has 1 fully saturated rings. The van der Waals surface area contributed by atoms with Crippen molar-refractivity contribution >= 4 is 35.8 Å². The Kier molecular flexibility index (Phi) is 12.2. The molecule has 0 radical (unpaired) electrons. The number of amides is 1. The first-order chi connectivity index (χ1) is 14.8. The first kappa shape index (κ1) is 25.9. The summed E-state index contributed by atoms with van der Waals surface area (Å²) in [6.07, 6.45) is 4.36. The number of hydrogen-bond acceptors (Lipinski definition) is 4. The standard InChI is InChI=1S/C23H36N4O3.HI/c1-24-23(26-12-5-14-29-17-19-10-15-30-18-19)25-11-4-8-22(28)27-13-9-20-6-2-3-7-21(20)16-27;/h2-3,6-7,19H,4-5,8-18H2,1H3,(H2,24,25,26);1H. The molecule has 1 unspecified atom stereocenters. The van der Waals surface area contributed by atoms with Gasteiger partial charge in [0.05, 0.1) is 13.2 Å². The molecule has 1 aromatic rings. The summed E-state index contributed by atoms with van der Waals surface area (Å²) in [5.74, 6) is 1.58. The molecule has 1 saturated heterocycles. The van der Waals surface area contributed by atoms with Crippen LogP contribution in [0.2, 0.25) is 0 Å². The lowest BCUT2D eigenvalue weighted by atomic mass is 9.99. The molecule has 8 heteroatoms. The molecule has 0 spiro atoms. The molecule has 1 atom stereocenters. The summed E-state index contributed by atoms with van der Waals surface area (Å²) < 4.78 is 11.1. The SMILES string of the molecule is CN=C(NCCCOCC1CCOC1)NCCCC(=O)N1CCc2ccccc2C1.I. The molecule has 2 N–H and O–H groups in total. The van der Waals surface area contributed by atoms with E-state index >= 15 is 0 Å². The van der Waals surface area contributed by atoms with E-state index in [-0.39, 0.29) is 29.9 Å². The van der Waals surface area contributed by atoms with Crippen molar-refractivity contribution in [2.45, 2.75) is 38.6 Å². The highest BCUT2D eigenvalue weighted by Crippen LogP contribution is 2.19. The number of rotatable bonds is 10. The average Bonchev–Trinajstić information content (AvgIpc) is 3.30. The van der Waals surface area contributed by atoms with Crippen LogP contribution >= 0.6 is 24.0 Å². The summed E-state index contributed by atoms with van der Waals surface area (Å²) in [6.45, 7) is 6.35. The van der Waals surface area contributed by atoms with Gasteiger partial charge >= 0.3 is 0 Å². The van der Waals surface area contributed by atoms with E-state index in [1.165, 1.54) is 11.1 Å². The molecule has 174 valence electrons. The lowest BCUT2D eigenvalue weighted by molar-refractivity contribution is -0.132. The fraction of sp³-hybridized carbons (Fsp3) is 0.652. The first-order valence-electron chi connectivity index (χ1n) is 11.2. The normalized spacial score (nSPS) is 18.3. The Morgan fingerprint density at radius 2 is 2.00 bits per heavy atom. The van der Waals surface area contributed by atoms with E-state index in [4.69, 9.17) is 9.47 Å². The molecule has 1 amide bonds. The Morgan fingerprint density at radius 3 is 2.74 bits per heavy atom. The molecule has 1 aromatic carbocycles. The number of benzene rings is 1. The monoisotopic (exact) mass is 544 g/mol. The van der Waals surface area contributed by atoms with Crippen molar-refractivity contribution < 1.29 is 14.3 Å². The Morgan fingerprint density at radius 1 is 1.23 bits per heavy atom. The van der Waals surface area contributed by atoms with Gasteiger partial charge in [0.1, 0.15) is 0 Å². The predicted molar refractivity (Wildman–Crippen MR) is 134 cm³/mol. The number of halogens is 1. The molecule has 2 aliphatic rings. The summed E-state index contributed by atoms with van der Waals surface area (Å²) in [6, 6.07) is 8.41. The van der Waals surface area contributed by atoms with E-state index in [0.717, 1.165) is 84.2 Å². The first-order valence-corrected chi connectivity index (χ1v) is 11.2. The van der Waals surface area contributed by atoms with Gasteiger partial charge in [-0.25, -0.2) is 0 Å². The smallest absolute Gasteiger partial charge is 0.222 e. The minimum Gasteiger partial charge on any atom is -0.381 e. The molecule has 2 aliphatic heterocycles. The molecule has 0 aromatic heterocycles. The van der Waals surface area contributed by atoms with Gasteiger partial charge < -0.3 is 25.0 Å². The highest BCUT2D eigenvalue weighted by atomic mass is 127. The number of guanidine groups is 1. The Hall–Kier alpha value is -1.39. The van der Waals surface area contributed by atoms with Gasteiger partial charge in [-0.15, -0.1) is 24.0 Å². The minimum atomic E-state index is 0. The number of hydrogen-bond donors (Lipinski definition) is 2. The maximum Gasteiger partial charge on any atom is 0.222 e. The predicted octanol–water partition coefficient (Wildman–Crippen LogP) is 2.58. The van der Waals surface area contributed by atoms with Crippen molar-refractivity contribution in [3.8, 4) is 0 Å². The Bertz CT molecular complexity index is 695. The molecular formula is C23H37IN4O3. The van der Waals surface area contributed by atoms with Crippen molar-refractivity contribution in [1.29, 1.82) is 0 Å². The van der Waals surface area contributed by atoms with Crippen LogP contribution in [-0.4, -0.2) is 69.9 Å². The van der Waals surface area contributed by atoms with Crippen LogP contribution in [0, 0.1) is 5.92 Å². The quantitative estimate of drug-likeness (QED) is 0.205. The summed E-state index contributed by atoms with van der Waals surface area (Å²) >= 11 is 0. The van der Waals surface area contributed by atoms with Crippen molar-refractivity contribution in [2.24, 2.45) is 10.9 Å². The molecular weight excluding hydrogens is 507 g/mol. The van der Waals surface area contributed by atoms with Crippen LogP contribution in [0.25, 0.3) is 0 Å². The zero-order valence-corrected chi connectivity index (χ0v) is 20.9. The number of nitrogens with zero attached hydrogens (tertiary/aromatic N) is 2. The second-order valence-corrected chi connectivity index (χ2v) is 8.02. The zero-order valence-electron chi connectivity index (χ0n) is 18.6. The van der Waals surface area contributed by atoms with E-state index in [1.807, 2.05) is 11.0 Å². The third-order valence-corrected chi connectivity index (χ3v) is 5.70. The third kappa shape index (κ3) is 8.94. The highest BCUT2D eigenvalue weighted by Gasteiger charge is 2.19. The van der Waals surface area contributed by atoms with Gasteiger partial charge in [0, 0.05) is 58.8 Å². The maximum atomic E-state index is 12.5. The van der Waals surface area contributed by atoms with Crippen LogP contribution in [0.15, 0.2) is 29.3 Å². The Labute approximate surface area is 203 Å². The number of nitrogens with one attached hydrogen (secondary N) is 2. The molecule has 31 heavy (non-hydrogen) atoms. The topological polar surface area (TPSA) is 75.2 Å². The molecule has 2 heterocycles. The lowest BCUT2D eigenvalue weighted by Crippen LogP contribution is -2.39.